The van der Waals surface area contributed by atoms with Crippen LogP contribution in [0.25, 0.3) is 0 Å². The molecule has 0 spiro atoms. The van der Waals surface area contributed by atoms with E-state index >= 15 is 0 Å². The van der Waals surface area contributed by atoms with Crippen molar-refractivity contribution in [2.45, 2.75) is 57.8 Å². The average Bonchev–Trinajstić information content (AvgIpc) is 2.90. The van der Waals surface area contributed by atoms with Gasteiger partial charge in [0, 0.05) is 31.6 Å². The second-order valence-corrected chi connectivity index (χ2v) is 7.75. The topological polar surface area (TPSA) is 75.9 Å². The molecule has 2 amide bonds. The second-order valence-electron chi connectivity index (χ2n) is 7.75. The van der Waals surface area contributed by atoms with Gasteiger partial charge in [-0.2, -0.15) is 0 Å². The third-order valence-corrected chi connectivity index (χ3v) is 4.36. The Balaban J connectivity index is 2.06. The molecule has 25 heavy (non-hydrogen) atoms. The fourth-order valence-corrected chi connectivity index (χ4v) is 3.18. The Labute approximate surface area is 149 Å². The molecular formula is C19H29N3O3. The molecule has 2 atom stereocenters. The lowest BCUT2D eigenvalue weighted by Crippen LogP contribution is -2.42. The highest BCUT2D eigenvalue weighted by molar-refractivity contribution is 5.76. The third-order valence-electron chi connectivity index (χ3n) is 4.36. The van der Waals surface area contributed by atoms with Crippen molar-refractivity contribution in [2.75, 3.05) is 13.6 Å². The number of rotatable bonds is 5. The molecule has 1 heterocycles. The molecule has 0 saturated carbocycles. The molecule has 6 nitrogen and oxygen atoms in total. The van der Waals surface area contributed by atoms with E-state index in [2.05, 4.69) is 17.0 Å². The minimum absolute atomic E-state index is 0.162. The summed E-state index contributed by atoms with van der Waals surface area (Å²) in [5, 5.41) is 0. The molecule has 138 valence electrons. The average molecular weight is 347 g/mol. The smallest absolute Gasteiger partial charge is 0.410 e. The largest absolute Gasteiger partial charge is 0.444 e. The Morgan fingerprint density at radius 3 is 2.48 bits per heavy atom. The van der Waals surface area contributed by atoms with Crippen molar-refractivity contribution in [3.8, 4) is 0 Å². The van der Waals surface area contributed by atoms with Crippen LogP contribution in [0.3, 0.4) is 0 Å². The first-order chi connectivity index (χ1) is 11.7. The Morgan fingerprint density at radius 2 is 1.92 bits per heavy atom. The first-order valence-electron chi connectivity index (χ1n) is 8.68. The monoisotopic (exact) mass is 347 g/mol. The number of hydrogen-bond donors (Lipinski definition) is 1. The van der Waals surface area contributed by atoms with Gasteiger partial charge in [-0.1, -0.05) is 30.3 Å². The summed E-state index contributed by atoms with van der Waals surface area (Å²) >= 11 is 0. The maximum Gasteiger partial charge on any atom is 0.410 e. The first kappa shape index (κ1) is 19.2. The predicted molar refractivity (Wildman–Crippen MR) is 96.9 cm³/mol. The quantitative estimate of drug-likeness (QED) is 0.887. The zero-order chi connectivity index (χ0) is 18.6. The SMILES string of the molecule is CN(Cc1ccccc1)[C@@H]1C[C@@H](CC(N)=O)N(C(=O)OC(C)(C)C)C1. The van der Waals surface area contributed by atoms with Gasteiger partial charge < -0.3 is 15.4 Å². The zero-order valence-corrected chi connectivity index (χ0v) is 15.6. The van der Waals surface area contributed by atoms with Gasteiger partial charge in [0.1, 0.15) is 5.60 Å². The molecule has 1 aliphatic rings. The van der Waals surface area contributed by atoms with E-state index in [1.807, 2.05) is 46.0 Å². The van der Waals surface area contributed by atoms with E-state index in [1.54, 1.807) is 4.90 Å². The van der Waals surface area contributed by atoms with Crippen molar-refractivity contribution in [3.63, 3.8) is 0 Å². The molecule has 1 fully saturated rings. The van der Waals surface area contributed by atoms with Gasteiger partial charge in [0.25, 0.3) is 0 Å². The van der Waals surface area contributed by atoms with Crippen LogP contribution in [0, 0.1) is 0 Å². The van der Waals surface area contributed by atoms with E-state index in [1.165, 1.54) is 5.56 Å². The van der Waals surface area contributed by atoms with Crippen molar-refractivity contribution in [1.82, 2.24) is 9.80 Å². The molecule has 1 saturated heterocycles. The number of hydrogen-bond acceptors (Lipinski definition) is 4. The van der Waals surface area contributed by atoms with Gasteiger partial charge in [0.2, 0.25) is 5.91 Å². The minimum atomic E-state index is -0.567. The van der Waals surface area contributed by atoms with Crippen molar-refractivity contribution in [1.29, 1.82) is 0 Å². The number of primary amides is 1. The van der Waals surface area contributed by atoms with Gasteiger partial charge >= 0.3 is 6.09 Å². The Kier molecular flexibility index (Phi) is 6.06. The summed E-state index contributed by atoms with van der Waals surface area (Å²) in [6.07, 6.45) is 0.495. The van der Waals surface area contributed by atoms with Crippen molar-refractivity contribution in [3.05, 3.63) is 35.9 Å². The highest BCUT2D eigenvalue weighted by atomic mass is 16.6. The molecule has 2 rings (SSSR count). The molecule has 1 aromatic rings. The molecule has 2 N–H and O–H groups in total. The Morgan fingerprint density at radius 1 is 1.28 bits per heavy atom. The van der Waals surface area contributed by atoms with Gasteiger partial charge in [-0.15, -0.1) is 0 Å². The highest BCUT2D eigenvalue weighted by Gasteiger charge is 2.39. The fourth-order valence-electron chi connectivity index (χ4n) is 3.18. The van der Waals surface area contributed by atoms with Gasteiger partial charge in [-0.3, -0.25) is 9.69 Å². The van der Waals surface area contributed by atoms with E-state index < -0.39 is 11.5 Å². The summed E-state index contributed by atoms with van der Waals surface area (Å²) in [7, 11) is 2.04. The number of amides is 2. The second kappa shape index (κ2) is 7.87. The molecule has 0 aliphatic carbocycles. The predicted octanol–water partition coefficient (Wildman–Crippen LogP) is 2.37. The summed E-state index contributed by atoms with van der Waals surface area (Å²) in [6, 6.07) is 10.1. The van der Waals surface area contributed by atoms with Crippen molar-refractivity contribution < 1.29 is 14.3 Å². The molecule has 0 unspecified atom stereocenters. The molecular weight excluding hydrogens is 318 g/mol. The van der Waals surface area contributed by atoms with Crippen LogP contribution in [0.2, 0.25) is 0 Å². The molecule has 0 radical (unpaired) electrons. The molecule has 1 aromatic carbocycles. The lowest BCUT2D eigenvalue weighted by molar-refractivity contribution is -0.118. The highest BCUT2D eigenvalue weighted by Crippen LogP contribution is 2.26. The Bertz CT molecular complexity index is 598. The van der Waals surface area contributed by atoms with Crippen LogP contribution in [0.1, 0.15) is 39.2 Å². The van der Waals surface area contributed by atoms with Crippen LogP contribution in [0.5, 0.6) is 0 Å². The number of ether oxygens (including phenoxy) is 1. The molecule has 0 aromatic heterocycles. The summed E-state index contributed by atoms with van der Waals surface area (Å²) in [4.78, 5) is 27.8. The number of nitrogens with zero attached hydrogens (tertiary/aromatic N) is 2. The van der Waals surface area contributed by atoms with Crippen LogP contribution in [0.4, 0.5) is 4.79 Å². The first-order valence-corrected chi connectivity index (χ1v) is 8.68. The maximum atomic E-state index is 12.5. The van der Waals surface area contributed by atoms with E-state index in [4.69, 9.17) is 10.5 Å². The molecule has 1 aliphatic heterocycles. The Hall–Kier alpha value is -2.08. The summed E-state index contributed by atoms with van der Waals surface area (Å²) < 4.78 is 5.50. The van der Waals surface area contributed by atoms with Crippen LogP contribution in [-0.2, 0) is 16.1 Å². The van der Waals surface area contributed by atoms with Crippen LogP contribution in [0.15, 0.2) is 30.3 Å². The van der Waals surface area contributed by atoms with E-state index in [-0.39, 0.29) is 24.6 Å². The normalized spacial score (nSPS) is 20.8. The molecule has 6 heteroatoms. The fraction of sp³-hybridized carbons (Fsp3) is 0.579. The van der Waals surface area contributed by atoms with Gasteiger partial charge in [-0.05, 0) is 39.8 Å². The standard InChI is InChI=1S/C19H29N3O3/c1-19(2,3)25-18(24)22-13-16(10-15(22)11-17(20)23)21(4)12-14-8-6-5-7-9-14/h5-9,15-16H,10-13H2,1-4H3,(H2,20,23)/t15-,16+/m0/s1. The van der Waals surface area contributed by atoms with Crippen molar-refractivity contribution >= 4 is 12.0 Å². The van der Waals surface area contributed by atoms with Crippen molar-refractivity contribution in [2.24, 2.45) is 5.73 Å². The summed E-state index contributed by atoms with van der Waals surface area (Å²) in [6.45, 7) is 6.84. The third kappa shape index (κ3) is 5.74. The number of likely N-dealkylation sites (tertiary alicyclic amines) is 1. The zero-order valence-electron chi connectivity index (χ0n) is 15.6. The van der Waals surface area contributed by atoms with E-state index in [0.29, 0.717) is 13.0 Å². The van der Waals surface area contributed by atoms with Gasteiger partial charge in [0.15, 0.2) is 0 Å². The van der Waals surface area contributed by atoms with Crippen LogP contribution in [-0.4, -0.2) is 53.1 Å². The number of carbonyl (C=O) groups excluding carboxylic acids is 2. The molecule has 0 bridgehead atoms. The van der Waals surface area contributed by atoms with Gasteiger partial charge in [-0.25, -0.2) is 4.79 Å². The number of benzene rings is 1. The lowest BCUT2D eigenvalue weighted by Gasteiger charge is -2.28. The maximum absolute atomic E-state index is 12.5. The van der Waals surface area contributed by atoms with Crippen LogP contribution >= 0.6 is 0 Å². The van der Waals surface area contributed by atoms with Crippen LogP contribution < -0.4 is 5.73 Å². The van der Waals surface area contributed by atoms with E-state index in [0.717, 1.165) is 6.54 Å². The number of carbonyl (C=O) groups is 2. The van der Waals surface area contributed by atoms with E-state index in [9.17, 15) is 9.59 Å². The lowest BCUT2D eigenvalue weighted by atomic mass is 10.1. The number of likely N-dealkylation sites (N-methyl/N-ethyl adjacent to an activating group) is 1. The summed E-state index contributed by atoms with van der Waals surface area (Å²) in [5.74, 6) is -0.398. The summed E-state index contributed by atoms with van der Waals surface area (Å²) in [5.41, 5.74) is 6.02. The minimum Gasteiger partial charge on any atom is -0.444 e. The van der Waals surface area contributed by atoms with Gasteiger partial charge in [0.05, 0.1) is 0 Å². The number of nitrogens with two attached hydrogens (primary N) is 1.